The number of benzene rings is 1. The summed E-state index contributed by atoms with van der Waals surface area (Å²) in [6.07, 6.45) is -0.147. The van der Waals surface area contributed by atoms with Crippen LogP contribution in [0, 0.1) is 0 Å². The summed E-state index contributed by atoms with van der Waals surface area (Å²) in [5.41, 5.74) is 1.45. The third-order valence-electron chi connectivity index (χ3n) is 2.45. The fourth-order valence-corrected chi connectivity index (χ4v) is 1.73. The summed E-state index contributed by atoms with van der Waals surface area (Å²) in [5, 5.41) is 11.4. The van der Waals surface area contributed by atoms with Gasteiger partial charge in [0.15, 0.2) is 0 Å². The van der Waals surface area contributed by atoms with Crippen molar-refractivity contribution in [2.75, 3.05) is 5.32 Å². The molecule has 1 aromatic heterocycles. The summed E-state index contributed by atoms with van der Waals surface area (Å²) in [7, 11) is 0. The van der Waals surface area contributed by atoms with E-state index in [2.05, 4.69) is 5.32 Å². The summed E-state index contributed by atoms with van der Waals surface area (Å²) in [5.74, 6) is -0.119. The van der Waals surface area contributed by atoms with Gasteiger partial charge in [-0.05, 0) is 24.3 Å². The minimum Gasteiger partial charge on any atom is -0.481 e. The average molecular weight is 259 g/mol. The number of anilines is 1. The van der Waals surface area contributed by atoms with Gasteiger partial charge in [0.2, 0.25) is 5.91 Å². The zero-order valence-corrected chi connectivity index (χ0v) is 10.3. The van der Waals surface area contributed by atoms with E-state index < -0.39 is 5.97 Å². The van der Waals surface area contributed by atoms with E-state index in [9.17, 15) is 9.59 Å². The molecule has 1 amide bonds. The van der Waals surface area contributed by atoms with Crippen molar-refractivity contribution in [1.29, 1.82) is 0 Å². The fraction of sp³-hybridized carbons (Fsp3) is 0.143. The third-order valence-corrected chi connectivity index (χ3v) is 2.45. The first-order valence-corrected chi connectivity index (χ1v) is 5.73. The number of rotatable bonds is 4. The molecule has 5 nitrogen and oxygen atoms in total. The second-order valence-corrected chi connectivity index (χ2v) is 4.10. The predicted molar refractivity (Wildman–Crippen MR) is 69.8 cm³/mol. The van der Waals surface area contributed by atoms with Gasteiger partial charge in [-0.25, -0.2) is 0 Å². The monoisotopic (exact) mass is 259 g/mol. The number of hydrogen-bond donors (Lipinski definition) is 2. The molecule has 0 fully saturated rings. The quantitative estimate of drug-likeness (QED) is 0.884. The van der Waals surface area contributed by atoms with Crippen LogP contribution in [0.4, 0.5) is 5.69 Å². The van der Waals surface area contributed by atoms with Crippen molar-refractivity contribution in [3.05, 3.63) is 42.2 Å². The molecule has 19 heavy (non-hydrogen) atoms. The van der Waals surface area contributed by atoms with Crippen LogP contribution >= 0.6 is 0 Å². The van der Waals surface area contributed by atoms with Crippen LogP contribution in [-0.2, 0) is 16.0 Å². The highest BCUT2D eigenvalue weighted by atomic mass is 16.4. The van der Waals surface area contributed by atoms with Crippen molar-refractivity contribution in [3.63, 3.8) is 0 Å². The molecule has 2 rings (SSSR count). The topological polar surface area (TPSA) is 79.5 Å². The van der Waals surface area contributed by atoms with Gasteiger partial charge in [0.1, 0.15) is 17.9 Å². The number of aliphatic carboxylic acids is 1. The lowest BCUT2D eigenvalue weighted by Gasteiger charge is -2.03. The molecular weight excluding hydrogens is 246 g/mol. The maximum absolute atomic E-state index is 11.0. The first kappa shape index (κ1) is 12.9. The summed E-state index contributed by atoms with van der Waals surface area (Å²) < 4.78 is 5.45. The Labute approximate surface area is 109 Å². The lowest BCUT2D eigenvalue weighted by molar-refractivity contribution is -0.136. The van der Waals surface area contributed by atoms with Crippen LogP contribution in [0.5, 0.6) is 0 Å². The molecule has 1 heterocycles. The Kier molecular flexibility index (Phi) is 3.66. The first-order valence-electron chi connectivity index (χ1n) is 5.73. The second kappa shape index (κ2) is 5.39. The molecule has 0 radical (unpaired) electrons. The molecule has 0 spiro atoms. The van der Waals surface area contributed by atoms with Gasteiger partial charge >= 0.3 is 5.97 Å². The summed E-state index contributed by atoms with van der Waals surface area (Å²) in [4.78, 5) is 21.6. The standard InChI is InChI=1S/C14H13NO4/c1-9(16)15-11-4-2-3-10(7-11)13-6-5-12(19-13)8-14(17)18/h2-7H,8H2,1H3,(H,15,16)(H,17,18). The number of nitrogens with one attached hydrogen (secondary N) is 1. The average Bonchev–Trinajstić information content (AvgIpc) is 2.76. The van der Waals surface area contributed by atoms with E-state index in [1.54, 1.807) is 30.3 Å². The molecule has 0 aliphatic heterocycles. The minimum atomic E-state index is -0.937. The molecule has 2 N–H and O–H groups in total. The number of amides is 1. The number of hydrogen-bond acceptors (Lipinski definition) is 3. The zero-order valence-electron chi connectivity index (χ0n) is 10.3. The Morgan fingerprint density at radius 2 is 2.05 bits per heavy atom. The van der Waals surface area contributed by atoms with Gasteiger partial charge in [0.05, 0.1) is 0 Å². The molecule has 1 aromatic carbocycles. The van der Waals surface area contributed by atoms with Crippen LogP contribution in [0.3, 0.4) is 0 Å². The molecule has 0 unspecified atom stereocenters. The van der Waals surface area contributed by atoms with Gasteiger partial charge in [-0.2, -0.15) is 0 Å². The summed E-state index contributed by atoms with van der Waals surface area (Å²) >= 11 is 0. The van der Waals surface area contributed by atoms with Crippen molar-refractivity contribution in [2.24, 2.45) is 0 Å². The van der Waals surface area contributed by atoms with Crippen molar-refractivity contribution >= 4 is 17.6 Å². The Balaban J connectivity index is 2.23. The maximum atomic E-state index is 11.0. The van der Waals surface area contributed by atoms with E-state index in [-0.39, 0.29) is 12.3 Å². The van der Waals surface area contributed by atoms with E-state index in [1.165, 1.54) is 6.92 Å². The molecule has 0 aliphatic rings. The fourth-order valence-electron chi connectivity index (χ4n) is 1.73. The van der Waals surface area contributed by atoms with Crippen LogP contribution in [0.1, 0.15) is 12.7 Å². The van der Waals surface area contributed by atoms with Gasteiger partial charge < -0.3 is 14.8 Å². The lowest BCUT2D eigenvalue weighted by Crippen LogP contribution is -2.05. The molecule has 0 aliphatic carbocycles. The van der Waals surface area contributed by atoms with E-state index in [0.29, 0.717) is 17.2 Å². The molecule has 0 saturated heterocycles. The van der Waals surface area contributed by atoms with Gasteiger partial charge in [0, 0.05) is 18.2 Å². The highest BCUT2D eigenvalue weighted by Gasteiger charge is 2.08. The second-order valence-electron chi connectivity index (χ2n) is 4.10. The van der Waals surface area contributed by atoms with Crippen LogP contribution in [0.15, 0.2) is 40.8 Å². The van der Waals surface area contributed by atoms with E-state index >= 15 is 0 Å². The highest BCUT2D eigenvalue weighted by Crippen LogP contribution is 2.25. The maximum Gasteiger partial charge on any atom is 0.311 e. The van der Waals surface area contributed by atoms with Crippen molar-refractivity contribution in [2.45, 2.75) is 13.3 Å². The Hall–Kier alpha value is -2.56. The molecule has 2 aromatic rings. The van der Waals surface area contributed by atoms with Crippen LogP contribution < -0.4 is 5.32 Å². The van der Waals surface area contributed by atoms with Crippen molar-refractivity contribution in [3.8, 4) is 11.3 Å². The minimum absolute atomic E-state index is 0.147. The molecule has 0 saturated carbocycles. The number of furan rings is 1. The summed E-state index contributed by atoms with van der Waals surface area (Å²) in [6, 6.07) is 10.5. The van der Waals surface area contributed by atoms with E-state index in [0.717, 1.165) is 5.56 Å². The molecular formula is C14H13NO4. The van der Waals surface area contributed by atoms with Crippen molar-refractivity contribution < 1.29 is 19.1 Å². The van der Waals surface area contributed by atoms with Crippen molar-refractivity contribution in [1.82, 2.24) is 0 Å². The van der Waals surface area contributed by atoms with Gasteiger partial charge in [-0.15, -0.1) is 0 Å². The first-order chi connectivity index (χ1) is 9.04. The van der Waals surface area contributed by atoms with E-state index in [4.69, 9.17) is 9.52 Å². The number of carbonyl (C=O) groups is 2. The Morgan fingerprint density at radius 3 is 2.74 bits per heavy atom. The lowest BCUT2D eigenvalue weighted by atomic mass is 10.1. The van der Waals surface area contributed by atoms with Gasteiger partial charge in [-0.1, -0.05) is 12.1 Å². The Morgan fingerprint density at radius 1 is 1.26 bits per heavy atom. The summed E-state index contributed by atoms with van der Waals surface area (Å²) in [6.45, 7) is 1.44. The molecule has 0 bridgehead atoms. The molecule has 5 heteroatoms. The van der Waals surface area contributed by atoms with E-state index in [1.807, 2.05) is 6.07 Å². The van der Waals surface area contributed by atoms with Crippen LogP contribution in [0.2, 0.25) is 0 Å². The smallest absolute Gasteiger partial charge is 0.311 e. The number of carboxylic acid groups (broad SMARTS) is 1. The largest absolute Gasteiger partial charge is 0.481 e. The van der Waals surface area contributed by atoms with Gasteiger partial charge in [0.25, 0.3) is 0 Å². The molecule has 98 valence electrons. The van der Waals surface area contributed by atoms with Gasteiger partial charge in [-0.3, -0.25) is 9.59 Å². The normalized spacial score (nSPS) is 10.2. The van der Waals surface area contributed by atoms with Crippen LogP contribution in [0.25, 0.3) is 11.3 Å². The zero-order chi connectivity index (χ0) is 13.8. The Bertz CT molecular complexity index is 615. The number of carbonyl (C=O) groups excluding carboxylic acids is 1. The van der Waals surface area contributed by atoms with Crippen LogP contribution in [-0.4, -0.2) is 17.0 Å². The predicted octanol–water partition coefficient (Wildman–Crippen LogP) is 2.53. The third kappa shape index (κ3) is 3.45. The molecule has 0 atom stereocenters. The SMILES string of the molecule is CC(=O)Nc1cccc(-c2ccc(CC(=O)O)o2)c1. The number of carboxylic acids is 1. The highest BCUT2D eigenvalue weighted by molar-refractivity contribution is 5.89.